The number of esters is 1. The fraction of sp³-hybridized carbons (Fsp3) is 0.0435. The number of nitriles is 1. The summed E-state index contributed by atoms with van der Waals surface area (Å²) in [6.07, 6.45) is 1.73. The lowest BCUT2D eigenvalue weighted by molar-refractivity contribution is -0.136. The van der Waals surface area contributed by atoms with Crippen LogP contribution in [0.15, 0.2) is 72.8 Å². The lowest BCUT2D eigenvalue weighted by atomic mass is 10.0. The molecule has 0 bridgehead atoms. The van der Waals surface area contributed by atoms with E-state index in [9.17, 15) is 10.1 Å². The third kappa shape index (κ3) is 5.86. The van der Waals surface area contributed by atoms with E-state index in [1.165, 1.54) is 0 Å². The number of allylic oxidation sites excluding steroid dienone is 1. The van der Waals surface area contributed by atoms with E-state index in [1.807, 2.05) is 6.07 Å². The Morgan fingerprint density at radius 3 is 2.45 bits per heavy atom. The van der Waals surface area contributed by atoms with Gasteiger partial charge in [-0.05, 0) is 53.6 Å². The van der Waals surface area contributed by atoms with Gasteiger partial charge in [-0.2, -0.15) is 5.26 Å². The first-order valence-corrected chi connectivity index (χ1v) is 9.36. The van der Waals surface area contributed by atoms with Crippen LogP contribution in [0.3, 0.4) is 0 Å². The minimum atomic E-state index is -0.551. The number of benzene rings is 3. The molecule has 0 aromatic heterocycles. The highest BCUT2D eigenvalue weighted by Crippen LogP contribution is 2.24. The first-order chi connectivity index (χ1) is 14.0. The van der Waals surface area contributed by atoms with Gasteiger partial charge in [0.2, 0.25) is 0 Å². The minimum Gasteiger partial charge on any atom is -0.480 e. The third-order valence-corrected chi connectivity index (χ3v) is 4.41. The van der Waals surface area contributed by atoms with Crippen molar-refractivity contribution >= 4 is 40.8 Å². The Labute approximate surface area is 178 Å². The van der Waals surface area contributed by atoms with Crippen LogP contribution in [0.4, 0.5) is 0 Å². The molecule has 0 aliphatic rings. The molecule has 0 N–H and O–H groups in total. The highest BCUT2D eigenvalue weighted by Gasteiger charge is 2.08. The van der Waals surface area contributed by atoms with E-state index in [0.717, 1.165) is 11.1 Å². The lowest BCUT2D eigenvalue weighted by Gasteiger charge is -2.08. The van der Waals surface area contributed by atoms with Gasteiger partial charge >= 0.3 is 5.97 Å². The summed E-state index contributed by atoms with van der Waals surface area (Å²) >= 11 is 12.0. The van der Waals surface area contributed by atoms with E-state index < -0.39 is 5.97 Å². The Kier molecular flexibility index (Phi) is 6.91. The zero-order valence-electron chi connectivity index (χ0n) is 15.1. The van der Waals surface area contributed by atoms with Crippen LogP contribution < -0.4 is 9.47 Å². The van der Waals surface area contributed by atoms with Crippen molar-refractivity contribution in [2.24, 2.45) is 0 Å². The van der Waals surface area contributed by atoms with Gasteiger partial charge in [0, 0.05) is 5.02 Å². The zero-order valence-corrected chi connectivity index (χ0v) is 16.7. The van der Waals surface area contributed by atoms with Crippen LogP contribution in [-0.4, -0.2) is 12.6 Å². The standard InChI is InChI=1S/C23H15Cl2NO3/c24-19-5-3-4-17(13-19)18(14-26)12-16-8-10-20(11-9-16)29-23(27)15-28-22-7-2-1-6-21(22)25/h1-13H,15H2/b18-12-. The molecular formula is C23H15Cl2NO3. The molecule has 0 heterocycles. The first-order valence-electron chi connectivity index (χ1n) is 8.61. The van der Waals surface area contributed by atoms with Gasteiger partial charge in [0.15, 0.2) is 6.61 Å². The Morgan fingerprint density at radius 1 is 1.00 bits per heavy atom. The second-order valence-corrected chi connectivity index (χ2v) is 6.79. The van der Waals surface area contributed by atoms with Gasteiger partial charge in [-0.15, -0.1) is 0 Å². The summed E-state index contributed by atoms with van der Waals surface area (Å²) in [5, 5.41) is 10.4. The summed E-state index contributed by atoms with van der Waals surface area (Å²) in [7, 11) is 0. The molecule has 4 nitrogen and oxygen atoms in total. The number of carbonyl (C=O) groups is 1. The van der Waals surface area contributed by atoms with E-state index in [2.05, 4.69) is 6.07 Å². The van der Waals surface area contributed by atoms with Gasteiger partial charge in [-0.1, -0.05) is 59.6 Å². The summed E-state index contributed by atoms with van der Waals surface area (Å²) < 4.78 is 10.6. The number of para-hydroxylation sites is 1. The van der Waals surface area contributed by atoms with Gasteiger partial charge in [0.05, 0.1) is 16.7 Å². The molecule has 0 spiro atoms. The predicted octanol–water partition coefficient (Wildman–Crippen LogP) is 6.04. The summed E-state index contributed by atoms with van der Waals surface area (Å²) in [6.45, 7) is -0.265. The van der Waals surface area contributed by atoms with Crippen molar-refractivity contribution in [1.82, 2.24) is 0 Å². The second kappa shape index (κ2) is 9.79. The molecular weight excluding hydrogens is 409 g/mol. The van der Waals surface area contributed by atoms with Crippen molar-refractivity contribution in [2.45, 2.75) is 0 Å². The molecule has 0 saturated heterocycles. The number of nitrogens with zero attached hydrogens (tertiary/aromatic N) is 1. The molecule has 144 valence electrons. The highest BCUT2D eigenvalue weighted by atomic mass is 35.5. The largest absolute Gasteiger partial charge is 0.480 e. The average molecular weight is 424 g/mol. The monoisotopic (exact) mass is 423 g/mol. The molecule has 29 heavy (non-hydrogen) atoms. The van der Waals surface area contributed by atoms with E-state index in [4.69, 9.17) is 32.7 Å². The number of ether oxygens (including phenoxy) is 2. The second-order valence-electron chi connectivity index (χ2n) is 5.94. The van der Waals surface area contributed by atoms with Crippen molar-refractivity contribution in [3.63, 3.8) is 0 Å². The predicted molar refractivity (Wildman–Crippen MR) is 114 cm³/mol. The molecule has 3 rings (SSSR count). The molecule has 3 aromatic rings. The van der Waals surface area contributed by atoms with Crippen molar-refractivity contribution in [1.29, 1.82) is 5.26 Å². The van der Waals surface area contributed by atoms with Crippen LogP contribution in [-0.2, 0) is 4.79 Å². The Hall–Kier alpha value is -3.26. The van der Waals surface area contributed by atoms with Crippen LogP contribution in [0.2, 0.25) is 10.0 Å². The van der Waals surface area contributed by atoms with Crippen molar-refractivity contribution in [2.75, 3.05) is 6.61 Å². The van der Waals surface area contributed by atoms with Crippen LogP contribution in [0.25, 0.3) is 11.6 Å². The number of hydrogen-bond donors (Lipinski definition) is 0. The van der Waals surface area contributed by atoms with Gasteiger partial charge < -0.3 is 9.47 Å². The summed E-state index contributed by atoms with van der Waals surface area (Å²) in [5.74, 6) is 0.234. The third-order valence-electron chi connectivity index (χ3n) is 3.86. The molecule has 0 atom stereocenters. The summed E-state index contributed by atoms with van der Waals surface area (Å²) in [4.78, 5) is 12.0. The highest BCUT2D eigenvalue weighted by molar-refractivity contribution is 6.32. The average Bonchev–Trinajstić information content (AvgIpc) is 2.72. The fourth-order valence-electron chi connectivity index (χ4n) is 2.49. The summed E-state index contributed by atoms with van der Waals surface area (Å²) in [5.41, 5.74) is 1.99. The molecule has 0 unspecified atom stereocenters. The maximum absolute atomic E-state index is 12.0. The topological polar surface area (TPSA) is 59.3 Å². The normalized spacial score (nSPS) is 10.9. The fourth-order valence-corrected chi connectivity index (χ4v) is 2.87. The molecule has 0 fully saturated rings. The van der Waals surface area contributed by atoms with E-state index in [1.54, 1.807) is 72.8 Å². The van der Waals surface area contributed by atoms with Crippen molar-refractivity contribution < 1.29 is 14.3 Å². The van der Waals surface area contributed by atoms with Crippen LogP contribution >= 0.6 is 23.2 Å². The zero-order chi connectivity index (χ0) is 20.6. The van der Waals surface area contributed by atoms with Crippen LogP contribution in [0.1, 0.15) is 11.1 Å². The number of rotatable bonds is 6. The van der Waals surface area contributed by atoms with E-state index >= 15 is 0 Å². The van der Waals surface area contributed by atoms with Gasteiger partial charge in [-0.25, -0.2) is 4.79 Å². The minimum absolute atomic E-state index is 0.265. The van der Waals surface area contributed by atoms with Crippen LogP contribution in [0.5, 0.6) is 11.5 Å². The van der Waals surface area contributed by atoms with Gasteiger partial charge in [-0.3, -0.25) is 0 Å². The summed E-state index contributed by atoms with van der Waals surface area (Å²) in [6, 6.07) is 22.9. The molecule has 0 aliphatic carbocycles. The Bertz CT molecular complexity index is 1090. The smallest absolute Gasteiger partial charge is 0.349 e. The molecule has 6 heteroatoms. The van der Waals surface area contributed by atoms with E-state index in [0.29, 0.717) is 27.1 Å². The Morgan fingerprint density at radius 2 is 1.76 bits per heavy atom. The number of carbonyl (C=O) groups excluding carboxylic acids is 1. The quantitative estimate of drug-likeness (QED) is 0.209. The lowest BCUT2D eigenvalue weighted by Crippen LogP contribution is -2.17. The molecule has 0 saturated carbocycles. The SMILES string of the molecule is N#C/C(=C/c1ccc(OC(=O)COc2ccccc2Cl)cc1)c1cccc(Cl)c1. The van der Waals surface area contributed by atoms with Crippen molar-refractivity contribution in [3.8, 4) is 17.6 Å². The number of hydrogen-bond acceptors (Lipinski definition) is 4. The van der Waals surface area contributed by atoms with E-state index in [-0.39, 0.29) is 6.61 Å². The van der Waals surface area contributed by atoms with Gasteiger partial charge in [0.1, 0.15) is 11.5 Å². The molecule has 0 radical (unpaired) electrons. The molecule has 0 amide bonds. The molecule has 3 aromatic carbocycles. The van der Waals surface area contributed by atoms with Crippen LogP contribution in [0, 0.1) is 11.3 Å². The first kappa shape index (κ1) is 20.5. The maximum Gasteiger partial charge on any atom is 0.349 e. The van der Waals surface area contributed by atoms with Crippen molar-refractivity contribution in [3.05, 3.63) is 94.0 Å². The Balaban J connectivity index is 1.63. The van der Waals surface area contributed by atoms with Gasteiger partial charge in [0.25, 0.3) is 0 Å². The molecule has 0 aliphatic heterocycles. The maximum atomic E-state index is 12.0. The number of halogens is 2.